The number of methoxy groups -OCH3 is 2. The first-order chi connectivity index (χ1) is 6.99. The Hall–Kier alpha value is -0.200. The maximum absolute atomic E-state index is 5.43. The van der Waals surface area contributed by atoms with Gasteiger partial charge in [-0.3, -0.25) is 5.32 Å². The van der Waals surface area contributed by atoms with E-state index in [1.54, 1.807) is 14.2 Å². The Balaban J connectivity index is 3.70. The fourth-order valence-corrected chi connectivity index (χ4v) is 1.10. The van der Waals surface area contributed by atoms with E-state index in [4.69, 9.17) is 18.9 Å². The third kappa shape index (κ3) is 7.70. The molecule has 0 radical (unpaired) electrons. The fraction of sp³-hybridized carbons (Fsp3) is 1.00. The number of ether oxygens (including phenoxy) is 4. The smallest absolute Gasteiger partial charge is 0.156 e. The monoisotopic (exact) mass is 221 g/mol. The summed E-state index contributed by atoms with van der Waals surface area (Å²) in [4.78, 5) is 0. The third-order valence-electron chi connectivity index (χ3n) is 1.92. The van der Waals surface area contributed by atoms with Gasteiger partial charge in [-0.2, -0.15) is 0 Å². The standard InChI is InChI=1S/C10H23NO4/c1-7(14-9(3)12-5)11-8(2)15-10(4)13-6/h7-11H,1-6H3. The Morgan fingerprint density at radius 2 is 1.07 bits per heavy atom. The van der Waals surface area contributed by atoms with Crippen LogP contribution in [0.2, 0.25) is 0 Å². The molecule has 0 saturated heterocycles. The van der Waals surface area contributed by atoms with E-state index in [2.05, 4.69) is 5.32 Å². The van der Waals surface area contributed by atoms with Gasteiger partial charge in [0.15, 0.2) is 12.6 Å². The van der Waals surface area contributed by atoms with Crippen molar-refractivity contribution in [2.75, 3.05) is 14.2 Å². The third-order valence-corrected chi connectivity index (χ3v) is 1.92. The molecule has 1 N–H and O–H groups in total. The van der Waals surface area contributed by atoms with Crippen molar-refractivity contribution >= 4 is 0 Å². The molecule has 0 heterocycles. The summed E-state index contributed by atoms with van der Waals surface area (Å²) in [7, 11) is 3.20. The van der Waals surface area contributed by atoms with Crippen LogP contribution in [0.15, 0.2) is 0 Å². The van der Waals surface area contributed by atoms with Crippen LogP contribution in [0, 0.1) is 0 Å². The second-order valence-corrected chi connectivity index (χ2v) is 3.33. The first kappa shape index (κ1) is 14.8. The summed E-state index contributed by atoms with van der Waals surface area (Å²) in [5.41, 5.74) is 0. The van der Waals surface area contributed by atoms with E-state index in [-0.39, 0.29) is 25.0 Å². The number of nitrogens with one attached hydrogen (secondary N) is 1. The highest BCUT2D eigenvalue weighted by Gasteiger charge is 2.12. The van der Waals surface area contributed by atoms with E-state index in [9.17, 15) is 0 Å². The first-order valence-corrected chi connectivity index (χ1v) is 5.12. The highest BCUT2D eigenvalue weighted by molar-refractivity contribution is 4.52. The molecule has 0 bridgehead atoms. The molecular weight excluding hydrogens is 198 g/mol. The quantitative estimate of drug-likeness (QED) is 0.626. The highest BCUT2D eigenvalue weighted by Crippen LogP contribution is 2.00. The Morgan fingerprint density at radius 3 is 1.33 bits per heavy atom. The van der Waals surface area contributed by atoms with Crippen molar-refractivity contribution in [1.82, 2.24) is 5.32 Å². The molecule has 0 amide bonds. The highest BCUT2D eigenvalue weighted by atomic mass is 16.7. The molecule has 0 aromatic heterocycles. The summed E-state index contributed by atoms with van der Waals surface area (Å²) < 4.78 is 20.8. The molecule has 5 heteroatoms. The summed E-state index contributed by atoms with van der Waals surface area (Å²) in [5, 5.41) is 3.11. The van der Waals surface area contributed by atoms with Crippen molar-refractivity contribution in [3.63, 3.8) is 0 Å². The lowest BCUT2D eigenvalue weighted by Gasteiger charge is -2.24. The average molecular weight is 221 g/mol. The molecule has 0 rings (SSSR count). The number of hydrogen-bond donors (Lipinski definition) is 1. The van der Waals surface area contributed by atoms with Crippen LogP contribution in [0.25, 0.3) is 0 Å². The van der Waals surface area contributed by atoms with Crippen LogP contribution in [0.5, 0.6) is 0 Å². The lowest BCUT2D eigenvalue weighted by atomic mass is 10.5. The van der Waals surface area contributed by atoms with E-state index in [0.717, 1.165) is 0 Å². The largest absolute Gasteiger partial charge is 0.356 e. The first-order valence-electron chi connectivity index (χ1n) is 5.12. The van der Waals surface area contributed by atoms with Crippen molar-refractivity contribution in [3.8, 4) is 0 Å². The maximum atomic E-state index is 5.43. The summed E-state index contributed by atoms with van der Waals surface area (Å²) >= 11 is 0. The van der Waals surface area contributed by atoms with E-state index in [1.807, 2.05) is 27.7 Å². The second-order valence-electron chi connectivity index (χ2n) is 3.33. The van der Waals surface area contributed by atoms with E-state index in [0.29, 0.717) is 0 Å². The minimum absolute atomic E-state index is 0.140. The van der Waals surface area contributed by atoms with Crippen molar-refractivity contribution in [1.29, 1.82) is 0 Å². The lowest BCUT2D eigenvalue weighted by Crippen LogP contribution is -2.41. The van der Waals surface area contributed by atoms with Crippen LogP contribution in [0.3, 0.4) is 0 Å². The van der Waals surface area contributed by atoms with E-state index >= 15 is 0 Å². The summed E-state index contributed by atoms with van der Waals surface area (Å²) in [6, 6.07) is 0. The van der Waals surface area contributed by atoms with Gasteiger partial charge in [-0.05, 0) is 27.7 Å². The van der Waals surface area contributed by atoms with Gasteiger partial charge in [0.05, 0.1) is 0 Å². The molecule has 4 atom stereocenters. The summed E-state index contributed by atoms with van der Waals surface area (Å²) in [6.45, 7) is 7.46. The molecule has 0 spiro atoms. The minimum atomic E-state index is -0.237. The van der Waals surface area contributed by atoms with Crippen LogP contribution in [-0.2, 0) is 18.9 Å². The van der Waals surface area contributed by atoms with Crippen LogP contribution >= 0.6 is 0 Å². The molecule has 0 aliphatic carbocycles. The molecule has 15 heavy (non-hydrogen) atoms. The number of hydrogen-bond acceptors (Lipinski definition) is 5. The van der Waals surface area contributed by atoms with E-state index < -0.39 is 0 Å². The zero-order valence-corrected chi connectivity index (χ0v) is 10.4. The summed E-state index contributed by atoms with van der Waals surface area (Å²) in [5.74, 6) is 0. The molecule has 4 unspecified atom stereocenters. The SMILES string of the molecule is COC(C)OC(C)NC(C)OC(C)OC. The lowest BCUT2D eigenvalue weighted by molar-refractivity contribution is -0.184. The average Bonchev–Trinajstić information content (AvgIpc) is 2.16. The van der Waals surface area contributed by atoms with Gasteiger partial charge in [-0.15, -0.1) is 0 Å². The molecule has 0 fully saturated rings. The molecule has 0 aromatic rings. The van der Waals surface area contributed by atoms with E-state index in [1.165, 1.54) is 0 Å². The number of rotatable bonds is 8. The van der Waals surface area contributed by atoms with Crippen molar-refractivity contribution in [2.24, 2.45) is 0 Å². The van der Waals surface area contributed by atoms with Gasteiger partial charge in [-0.25, -0.2) is 0 Å². The topological polar surface area (TPSA) is 49.0 Å². The molecule has 92 valence electrons. The zero-order chi connectivity index (χ0) is 11.8. The summed E-state index contributed by atoms with van der Waals surface area (Å²) in [6.07, 6.45) is -0.753. The van der Waals surface area contributed by atoms with Gasteiger partial charge in [0.1, 0.15) is 12.5 Å². The zero-order valence-electron chi connectivity index (χ0n) is 10.4. The Kier molecular flexibility index (Phi) is 7.90. The van der Waals surface area contributed by atoms with Gasteiger partial charge >= 0.3 is 0 Å². The maximum Gasteiger partial charge on any atom is 0.156 e. The molecule has 0 aromatic carbocycles. The van der Waals surface area contributed by atoms with Gasteiger partial charge in [0.25, 0.3) is 0 Å². The molecule has 5 nitrogen and oxygen atoms in total. The Bertz CT molecular complexity index is 140. The van der Waals surface area contributed by atoms with Crippen LogP contribution in [0.4, 0.5) is 0 Å². The predicted octanol–water partition coefficient (Wildman–Crippen LogP) is 1.29. The van der Waals surface area contributed by atoms with Crippen LogP contribution in [-0.4, -0.2) is 39.3 Å². The van der Waals surface area contributed by atoms with Crippen molar-refractivity contribution in [2.45, 2.75) is 52.7 Å². The van der Waals surface area contributed by atoms with Gasteiger partial charge in [-0.1, -0.05) is 0 Å². The van der Waals surface area contributed by atoms with Crippen LogP contribution < -0.4 is 5.32 Å². The van der Waals surface area contributed by atoms with Crippen LogP contribution in [0.1, 0.15) is 27.7 Å². The predicted molar refractivity (Wildman–Crippen MR) is 57.2 cm³/mol. The molecule has 0 saturated carbocycles. The normalized spacial score (nSPS) is 19.6. The minimum Gasteiger partial charge on any atom is -0.356 e. The van der Waals surface area contributed by atoms with Crippen molar-refractivity contribution in [3.05, 3.63) is 0 Å². The Labute approximate surface area is 92.0 Å². The second kappa shape index (κ2) is 8.01. The molecular formula is C10H23NO4. The molecule has 0 aliphatic heterocycles. The van der Waals surface area contributed by atoms with Gasteiger partial charge in [0.2, 0.25) is 0 Å². The fourth-order valence-electron chi connectivity index (χ4n) is 1.10. The Morgan fingerprint density at radius 1 is 0.733 bits per heavy atom. The van der Waals surface area contributed by atoms with Gasteiger partial charge in [0, 0.05) is 14.2 Å². The molecule has 0 aliphatic rings. The van der Waals surface area contributed by atoms with Crippen molar-refractivity contribution < 1.29 is 18.9 Å². The van der Waals surface area contributed by atoms with Gasteiger partial charge < -0.3 is 18.9 Å².